The third-order valence-electron chi connectivity index (χ3n) is 5.64. The zero-order chi connectivity index (χ0) is 22.8. The highest BCUT2D eigenvalue weighted by molar-refractivity contribution is 6.21. The molecule has 0 radical (unpaired) electrons. The molecule has 3 aromatic carbocycles. The number of benzene rings is 3. The third kappa shape index (κ3) is 3.92. The quantitative estimate of drug-likeness (QED) is 0.454. The number of urea groups is 1. The van der Waals surface area contributed by atoms with Gasteiger partial charge in [0.25, 0.3) is 11.8 Å². The van der Waals surface area contributed by atoms with E-state index in [0.717, 1.165) is 16.5 Å². The number of carbonyl (C=O) groups excluding carboxylic acids is 3. The Morgan fingerprint density at radius 3 is 2.27 bits per heavy atom. The summed E-state index contributed by atoms with van der Waals surface area (Å²) in [6.07, 6.45) is 1.71. The number of nitrogens with zero attached hydrogens (tertiary/aromatic N) is 2. The summed E-state index contributed by atoms with van der Waals surface area (Å²) in [6, 6.07) is 24.1. The lowest BCUT2D eigenvalue weighted by Crippen LogP contribution is -2.42. The average Bonchev–Trinajstić information content (AvgIpc) is 3.10. The molecule has 5 rings (SSSR count). The molecule has 33 heavy (non-hydrogen) atoms. The van der Waals surface area contributed by atoms with E-state index >= 15 is 0 Å². The van der Waals surface area contributed by atoms with Gasteiger partial charge in [0, 0.05) is 23.8 Å². The molecule has 0 bridgehead atoms. The van der Waals surface area contributed by atoms with Crippen molar-refractivity contribution in [3.05, 3.63) is 108 Å². The van der Waals surface area contributed by atoms with Gasteiger partial charge in [0.15, 0.2) is 0 Å². The van der Waals surface area contributed by atoms with Crippen molar-refractivity contribution in [1.82, 2.24) is 15.2 Å². The highest BCUT2D eigenvalue weighted by atomic mass is 16.2. The number of hydrogen-bond donors (Lipinski definition) is 2. The second-order valence-electron chi connectivity index (χ2n) is 7.70. The summed E-state index contributed by atoms with van der Waals surface area (Å²) < 4.78 is 0. The minimum atomic E-state index is -0.648. The van der Waals surface area contributed by atoms with E-state index < -0.39 is 12.1 Å². The fourth-order valence-electron chi connectivity index (χ4n) is 4.04. The fraction of sp³-hybridized carbons (Fsp3) is 0.0769. The number of hydrogen-bond acceptors (Lipinski definition) is 4. The van der Waals surface area contributed by atoms with Crippen LogP contribution in [-0.2, 0) is 0 Å². The molecule has 162 valence electrons. The maximum absolute atomic E-state index is 13.1. The number of carbonyl (C=O) groups is 3. The lowest BCUT2D eigenvalue weighted by Gasteiger charge is -2.27. The molecule has 1 aliphatic rings. The second kappa shape index (κ2) is 8.55. The van der Waals surface area contributed by atoms with E-state index in [1.807, 2.05) is 54.6 Å². The van der Waals surface area contributed by atoms with Crippen LogP contribution in [0.15, 0.2) is 91.1 Å². The van der Waals surface area contributed by atoms with Crippen LogP contribution in [0.2, 0.25) is 0 Å². The maximum Gasteiger partial charge on any atom is 0.319 e. The molecule has 1 atom stereocenters. The van der Waals surface area contributed by atoms with Crippen LogP contribution in [0.25, 0.3) is 10.9 Å². The summed E-state index contributed by atoms with van der Waals surface area (Å²) in [5.74, 6) is -0.734. The van der Waals surface area contributed by atoms with Crippen LogP contribution < -0.4 is 10.6 Å². The molecule has 4 amide bonds. The van der Waals surface area contributed by atoms with Crippen LogP contribution >= 0.6 is 0 Å². The molecule has 1 aromatic heterocycles. The van der Waals surface area contributed by atoms with Crippen LogP contribution in [0, 0.1) is 0 Å². The first-order valence-electron chi connectivity index (χ1n) is 10.5. The van der Waals surface area contributed by atoms with E-state index in [1.54, 1.807) is 36.5 Å². The van der Waals surface area contributed by atoms with Crippen LogP contribution in [0.4, 0.5) is 10.5 Å². The lowest BCUT2D eigenvalue weighted by atomic mass is 10.1. The number of aromatic nitrogens is 1. The van der Waals surface area contributed by atoms with Crippen LogP contribution in [0.1, 0.15) is 32.3 Å². The van der Waals surface area contributed by atoms with Gasteiger partial charge in [-0.1, -0.05) is 48.5 Å². The molecule has 0 saturated heterocycles. The van der Waals surface area contributed by atoms with Crippen LogP contribution in [0.5, 0.6) is 0 Å². The van der Waals surface area contributed by atoms with Gasteiger partial charge in [-0.05, 0) is 42.0 Å². The zero-order valence-corrected chi connectivity index (χ0v) is 17.6. The Morgan fingerprint density at radius 1 is 0.848 bits per heavy atom. The van der Waals surface area contributed by atoms with Crippen LogP contribution in [0.3, 0.4) is 0 Å². The van der Waals surface area contributed by atoms with E-state index in [1.165, 1.54) is 4.90 Å². The number of fused-ring (bicyclic) bond motifs is 2. The van der Waals surface area contributed by atoms with E-state index in [4.69, 9.17) is 0 Å². The smallest absolute Gasteiger partial charge is 0.319 e. The van der Waals surface area contributed by atoms with Crippen molar-refractivity contribution in [2.45, 2.75) is 6.04 Å². The van der Waals surface area contributed by atoms with Gasteiger partial charge in [-0.2, -0.15) is 0 Å². The SMILES string of the molecule is O=C(NCC(c1ccccc1)N1C(=O)c2ccccc2C1=O)Nc1ccc2ncccc2c1. The van der Waals surface area contributed by atoms with Crippen molar-refractivity contribution >= 4 is 34.4 Å². The predicted molar refractivity (Wildman–Crippen MR) is 125 cm³/mol. The van der Waals surface area contributed by atoms with E-state index in [-0.39, 0.29) is 18.4 Å². The second-order valence-corrected chi connectivity index (χ2v) is 7.70. The van der Waals surface area contributed by atoms with Crippen molar-refractivity contribution in [2.75, 3.05) is 11.9 Å². The van der Waals surface area contributed by atoms with Gasteiger partial charge in [-0.15, -0.1) is 0 Å². The highest BCUT2D eigenvalue weighted by Crippen LogP contribution is 2.31. The first-order chi connectivity index (χ1) is 16.1. The van der Waals surface area contributed by atoms with Gasteiger partial charge in [0.2, 0.25) is 0 Å². The first kappa shape index (κ1) is 20.4. The number of rotatable bonds is 5. The Morgan fingerprint density at radius 2 is 1.55 bits per heavy atom. The predicted octanol–water partition coefficient (Wildman–Crippen LogP) is 4.39. The third-order valence-corrected chi connectivity index (χ3v) is 5.64. The van der Waals surface area contributed by atoms with Crippen LogP contribution in [-0.4, -0.2) is 34.3 Å². The lowest BCUT2D eigenvalue weighted by molar-refractivity contribution is 0.0582. The normalized spacial score (nSPS) is 13.6. The van der Waals surface area contributed by atoms with E-state index in [0.29, 0.717) is 16.8 Å². The molecular formula is C26H20N4O3. The van der Waals surface area contributed by atoms with Gasteiger partial charge in [-0.25, -0.2) is 4.79 Å². The Hall–Kier alpha value is -4.52. The van der Waals surface area contributed by atoms with Crippen molar-refractivity contribution in [1.29, 1.82) is 0 Å². The number of pyridine rings is 1. The summed E-state index contributed by atoms with van der Waals surface area (Å²) >= 11 is 0. The summed E-state index contributed by atoms with van der Waals surface area (Å²) in [4.78, 5) is 44.3. The van der Waals surface area contributed by atoms with Gasteiger partial charge in [0.05, 0.1) is 22.7 Å². The molecule has 7 nitrogen and oxygen atoms in total. The number of anilines is 1. The molecule has 2 N–H and O–H groups in total. The number of imide groups is 1. The van der Waals surface area contributed by atoms with Gasteiger partial charge in [0.1, 0.15) is 0 Å². The molecule has 0 spiro atoms. The monoisotopic (exact) mass is 436 g/mol. The topological polar surface area (TPSA) is 91.4 Å². The van der Waals surface area contributed by atoms with Crippen molar-refractivity contribution < 1.29 is 14.4 Å². The standard InChI is InChI=1S/C26H20N4O3/c31-24-20-10-4-5-11-21(20)25(32)30(24)23(17-7-2-1-3-8-17)16-28-26(33)29-19-12-13-22-18(15-19)9-6-14-27-22/h1-15,23H,16H2,(H2,28,29,33). The number of nitrogens with one attached hydrogen (secondary N) is 2. The maximum atomic E-state index is 13.1. The Bertz CT molecular complexity index is 1340. The van der Waals surface area contributed by atoms with E-state index in [2.05, 4.69) is 15.6 Å². The molecular weight excluding hydrogens is 416 g/mol. The molecule has 2 heterocycles. The minimum Gasteiger partial charge on any atom is -0.335 e. The molecule has 0 saturated carbocycles. The summed E-state index contributed by atoms with van der Waals surface area (Å²) in [5.41, 5.74) is 2.95. The van der Waals surface area contributed by atoms with Gasteiger partial charge < -0.3 is 10.6 Å². The average molecular weight is 436 g/mol. The molecule has 1 aliphatic heterocycles. The molecule has 0 fully saturated rings. The first-order valence-corrected chi connectivity index (χ1v) is 10.5. The molecule has 0 aliphatic carbocycles. The highest BCUT2D eigenvalue weighted by Gasteiger charge is 2.40. The molecule has 4 aromatic rings. The minimum absolute atomic E-state index is 0.0659. The van der Waals surface area contributed by atoms with Gasteiger partial charge in [-0.3, -0.25) is 19.5 Å². The molecule has 7 heteroatoms. The van der Waals surface area contributed by atoms with Crippen molar-refractivity contribution in [2.24, 2.45) is 0 Å². The van der Waals surface area contributed by atoms with Crippen molar-refractivity contribution in [3.8, 4) is 0 Å². The van der Waals surface area contributed by atoms with E-state index in [9.17, 15) is 14.4 Å². The Labute approximate surface area is 190 Å². The Balaban J connectivity index is 1.35. The number of amides is 4. The van der Waals surface area contributed by atoms with Crippen molar-refractivity contribution in [3.63, 3.8) is 0 Å². The summed E-state index contributed by atoms with van der Waals surface area (Å²) in [5, 5.41) is 6.52. The zero-order valence-electron chi connectivity index (χ0n) is 17.6. The van der Waals surface area contributed by atoms with Gasteiger partial charge >= 0.3 is 6.03 Å². The molecule has 1 unspecified atom stereocenters. The summed E-state index contributed by atoms with van der Waals surface area (Å²) in [7, 11) is 0. The fourth-order valence-corrected chi connectivity index (χ4v) is 4.04. The Kier molecular flexibility index (Phi) is 5.28. The largest absolute Gasteiger partial charge is 0.335 e. The summed E-state index contributed by atoms with van der Waals surface area (Å²) in [6.45, 7) is 0.0659.